The molecular weight excluding hydrogens is 222 g/mol. The molecule has 2 rings (SSSR count). The van der Waals surface area contributed by atoms with Gasteiger partial charge in [-0.05, 0) is 6.07 Å². The number of nitrogens with zero attached hydrogens (tertiary/aromatic N) is 2. The summed E-state index contributed by atoms with van der Waals surface area (Å²) >= 11 is 0. The van der Waals surface area contributed by atoms with E-state index in [0.29, 0.717) is 5.75 Å². The van der Waals surface area contributed by atoms with Crippen LogP contribution in [0, 0.1) is 10.1 Å². The van der Waals surface area contributed by atoms with Crippen LogP contribution < -0.4 is 15.0 Å². The van der Waals surface area contributed by atoms with E-state index in [9.17, 15) is 10.1 Å². The van der Waals surface area contributed by atoms with Crippen LogP contribution in [-0.4, -0.2) is 38.2 Å². The number of nitro benzene ring substituents is 1. The lowest BCUT2D eigenvalue weighted by molar-refractivity contribution is -0.384. The zero-order valence-corrected chi connectivity index (χ0v) is 9.68. The highest BCUT2D eigenvalue weighted by Crippen LogP contribution is 2.32. The summed E-state index contributed by atoms with van der Waals surface area (Å²) in [6.07, 6.45) is 0. The third-order valence-electron chi connectivity index (χ3n) is 2.83. The number of methoxy groups -OCH3 is 1. The van der Waals surface area contributed by atoms with E-state index in [2.05, 4.69) is 10.2 Å². The first-order chi connectivity index (χ1) is 8.22. The van der Waals surface area contributed by atoms with Crippen molar-refractivity contribution >= 4 is 11.4 Å². The number of benzene rings is 1. The number of ether oxygens (including phenoxy) is 1. The highest BCUT2D eigenvalue weighted by atomic mass is 16.6. The first kappa shape index (κ1) is 11.7. The quantitative estimate of drug-likeness (QED) is 0.627. The molecule has 92 valence electrons. The Morgan fingerprint density at radius 1 is 1.41 bits per heavy atom. The average Bonchev–Trinajstić information content (AvgIpc) is 2.39. The summed E-state index contributed by atoms with van der Waals surface area (Å²) in [6.45, 7) is 3.42. The molecule has 0 bridgehead atoms. The molecule has 0 unspecified atom stereocenters. The smallest absolute Gasteiger partial charge is 0.271 e. The molecule has 1 aromatic rings. The number of hydrogen-bond donors (Lipinski definition) is 1. The van der Waals surface area contributed by atoms with Crippen molar-refractivity contribution in [2.45, 2.75) is 0 Å². The Balaban J connectivity index is 2.34. The summed E-state index contributed by atoms with van der Waals surface area (Å²) in [5.74, 6) is 0.678. The van der Waals surface area contributed by atoms with Crippen LogP contribution in [0.3, 0.4) is 0 Å². The van der Waals surface area contributed by atoms with Crippen LogP contribution in [0.5, 0.6) is 5.75 Å². The number of anilines is 1. The van der Waals surface area contributed by atoms with Gasteiger partial charge in [-0.1, -0.05) is 0 Å². The highest BCUT2D eigenvalue weighted by Gasteiger charge is 2.18. The third-order valence-corrected chi connectivity index (χ3v) is 2.83. The van der Waals surface area contributed by atoms with Crippen LogP contribution in [0.2, 0.25) is 0 Å². The monoisotopic (exact) mass is 237 g/mol. The molecule has 1 fully saturated rings. The third kappa shape index (κ3) is 2.47. The molecule has 0 aliphatic carbocycles. The first-order valence-corrected chi connectivity index (χ1v) is 5.50. The Morgan fingerprint density at radius 2 is 2.12 bits per heavy atom. The van der Waals surface area contributed by atoms with E-state index in [-0.39, 0.29) is 10.6 Å². The minimum absolute atomic E-state index is 0.0966. The number of hydrogen-bond acceptors (Lipinski definition) is 5. The summed E-state index contributed by atoms with van der Waals surface area (Å²) < 4.78 is 5.25. The molecule has 0 atom stereocenters. The molecule has 6 heteroatoms. The van der Waals surface area contributed by atoms with Gasteiger partial charge in [-0.3, -0.25) is 10.1 Å². The van der Waals surface area contributed by atoms with E-state index < -0.39 is 0 Å². The van der Waals surface area contributed by atoms with Crippen molar-refractivity contribution in [1.29, 1.82) is 0 Å². The predicted octanol–water partition coefficient (Wildman–Crippen LogP) is 1.01. The summed E-state index contributed by atoms with van der Waals surface area (Å²) in [5, 5.41) is 14.0. The second kappa shape index (κ2) is 5.01. The lowest BCUT2D eigenvalue weighted by Crippen LogP contribution is -2.43. The van der Waals surface area contributed by atoms with Crippen LogP contribution in [0.25, 0.3) is 0 Å². The van der Waals surface area contributed by atoms with Gasteiger partial charge < -0.3 is 15.0 Å². The van der Waals surface area contributed by atoms with Gasteiger partial charge in [-0.2, -0.15) is 0 Å². The average molecular weight is 237 g/mol. The lowest BCUT2D eigenvalue weighted by atomic mass is 10.2. The summed E-state index contributed by atoms with van der Waals surface area (Å²) in [7, 11) is 1.58. The van der Waals surface area contributed by atoms with Gasteiger partial charge in [-0.15, -0.1) is 0 Å². The Bertz CT molecular complexity index is 416. The molecule has 0 spiro atoms. The fraction of sp³-hybridized carbons (Fsp3) is 0.455. The van der Waals surface area contributed by atoms with Crippen molar-refractivity contribution in [3.63, 3.8) is 0 Å². The molecule has 1 aliphatic heterocycles. The minimum Gasteiger partial charge on any atom is -0.495 e. The maximum atomic E-state index is 10.8. The van der Waals surface area contributed by atoms with Crippen molar-refractivity contribution < 1.29 is 9.66 Å². The Kier molecular flexibility index (Phi) is 3.43. The molecule has 1 saturated heterocycles. The molecular formula is C11H15N3O3. The summed E-state index contributed by atoms with van der Waals surface area (Å²) in [6, 6.07) is 4.68. The fourth-order valence-electron chi connectivity index (χ4n) is 1.94. The van der Waals surface area contributed by atoms with Crippen LogP contribution in [0.1, 0.15) is 0 Å². The molecule has 0 aromatic heterocycles. The molecule has 1 aromatic carbocycles. The van der Waals surface area contributed by atoms with Gasteiger partial charge in [0.05, 0.1) is 17.7 Å². The number of non-ortho nitro benzene ring substituents is 1. The van der Waals surface area contributed by atoms with E-state index in [0.717, 1.165) is 31.9 Å². The second-order valence-corrected chi connectivity index (χ2v) is 3.85. The largest absolute Gasteiger partial charge is 0.495 e. The number of nitro groups is 1. The van der Waals surface area contributed by atoms with Crippen molar-refractivity contribution in [3.05, 3.63) is 28.3 Å². The minimum atomic E-state index is -0.384. The Hall–Kier alpha value is -1.82. The van der Waals surface area contributed by atoms with E-state index in [1.54, 1.807) is 19.2 Å². The van der Waals surface area contributed by atoms with Gasteiger partial charge in [0.25, 0.3) is 5.69 Å². The van der Waals surface area contributed by atoms with Gasteiger partial charge in [0.1, 0.15) is 5.75 Å². The molecule has 1 aliphatic rings. The van der Waals surface area contributed by atoms with Gasteiger partial charge >= 0.3 is 0 Å². The number of rotatable bonds is 3. The molecule has 17 heavy (non-hydrogen) atoms. The standard InChI is InChI=1S/C11H15N3O3/c1-17-11-3-2-9(14(15)16)8-10(11)13-6-4-12-5-7-13/h2-3,8,12H,4-7H2,1H3. The fourth-order valence-corrected chi connectivity index (χ4v) is 1.94. The molecule has 0 amide bonds. The summed E-state index contributed by atoms with van der Waals surface area (Å²) in [4.78, 5) is 12.5. The molecule has 1 heterocycles. The van der Waals surface area contributed by atoms with E-state index in [1.807, 2.05) is 0 Å². The van der Waals surface area contributed by atoms with Gasteiger partial charge in [0, 0.05) is 38.3 Å². The van der Waals surface area contributed by atoms with Crippen molar-refractivity contribution in [2.75, 3.05) is 38.2 Å². The topological polar surface area (TPSA) is 67.6 Å². The van der Waals surface area contributed by atoms with E-state index >= 15 is 0 Å². The van der Waals surface area contributed by atoms with Crippen LogP contribution >= 0.6 is 0 Å². The normalized spacial score (nSPS) is 15.7. The van der Waals surface area contributed by atoms with Gasteiger partial charge in [0.2, 0.25) is 0 Å². The molecule has 0 saturated carbocycles. The Labute approximate surface area is 99.3 Å². The molecule has 0 radical (unpaired) electrons. The van der Waals surface area contributed by atoms with Crippen LogP contribution in [-0.2, 0) is 0 Å². The lowest BCUT2D eigenvalue weighted by Gasteiger charge is -2.30. The van der Waals surface area contributed by atoms with Crippen molar-refractivity contribution in [1.82, 2.24) is 5.32 Å². The number of nitrogens with one attached hydrogen (secondary N) is 1. The maximum absolute atomic E-state index is 10.8. The van der Waals surface area contributed by atoms with Gasteiger partial charge in [0.15, 0.2) is 0 Å². The second-order valence-electron chi connectivity index (χ2n) is 3.85. The zero-order valence-electron chi connectivity index (χ0n) is 9.68. The van der Waals surface area contributed by atoms with E-state index in [4.69, 9.17) is 4.74 Å². The van der Waals surface area contributed by atoms with Crippen molar-refractivity contribution in [2.24, 2.45) is 0 Å². The van der Waals surface area contributed by atoms with Crippen LogP contribution in [0.15, 0.2) is 18.2 Å². The molecule has 6 nitrogen and oxygen atoms in total. The number of piperazine rings is 1. The summed E-state index contributed by atoms with van der Waals surface area (Å²) in [5.41, 5.74) is 0.891. The SMILES string of the molecule is COc1ccc([N+](=O)[O-])cc1N1CCNCC1. The highest BCUT2D eigenvalue weighted by molar-refractivity contribution is 5.63. The van der Waals surface area contributed by atoms with Crippen LogP contribution in [0.4, 0.5) is 11.4 Å². The first-order valence-electron chi connectivity index (χ1n) is 5.50. The zero-order chi connectivity index (χ0) is 12.3. The Morgan fingerprint density at radius 3 is 2.71 bits per heavy atom. The van der Waals surface area contributed by atoms with Gasteiger partial charge in [-0.25, -0.2) is 0 Å². The predicted molar refractivity (Wildman–Crippen MR) is 64.7 cm³/mol. The maximum Gasteiger partial charge on any atom is 0.271 e. The molecule has 1 N–H and O–H groups in total. The van der Waals surface area contributed by atoms with E-state index in [1.165, 1.54) is 6.07 Å². The van der Waals surface area contributed by atoms with Crippen molar-refractivity contribution in [3.8, 4) is 5.75 Å².